The van der Waals surface area contributed by atoms with Gasteiger partial charge in [-0.1, -0.05) is 46.6 Å². The van der Waals surface area contributed by atoms with Gasteiger partial charge in [-0.15, -0.1) is 0 Å². The molecule has 1 atom stereocenters. The predicted molar refractivity (Wildman–Crippen MR) is 58.3 cm³/mol. The molecular formula is C10H12BrCl. The highest BCUT2D eigenvalue weighted by Crippen LogP contribution is 2.20. The summed E-state index contributed by atoms with van der Waals surface area (Å²) in [6.45, 7) is 4.17. The predicted octanol–water partition coefficient (Wildman–Crippen LogP) is 3.97. The third kappa shape index (κ3) is 2.80. The summed E-state index contributed by atoms with van der Waals surface area (Å²) in [6.07, 6.45) is 0.985. The van der Waals surface area contributed by atoms with Crippen LogP contribution < -0.4 is 0 Å². The lowest BCUT2D eigenvalue weighted by atomic mass is 10.1. The number of hydrogen-bond donors (Lipinski definition) is 0. The summed E-state index contributed by atoms with van der Waals surface area (Å²) in [7, 11) is 0. The maximum Gasteiger partial charge on any atom is 0.0441 e. The van der Waals surface area contributed by atoms with Gasteiger partial charge < -0.3 is 0 Å². The van der Waals surface area contributed by atoms with Gasteiger partial charge in [0.15, 0.2) is 0 Å². The smallest absolute Gasteiger partial charge is 0.0441 e. The van der Waals surface area contributed by atoms with Gasteiger partial charge in [-0.05, 0) is 30.5 Å². The highest BCUT2D eigenvalue weighted by Gasteiger charge is 2.03. The molecule has 1 unspecified atom stereocenters. The van der Waals surface area contributed by atoms with Crippen molar-refractivity contribution >= 4 is 27.5 Å². The van der Waals surface area contributed by atoms with Gasteiger partial charge in [0.25, 0.3) is 0 Å². The molecule has 0 aromatic heterocycles. The molecule has 0 aliphatic heterocycles. The van der Waals surface area contributed by atoms with Crippen LogP contribution in [-0.2, 0) is 6.42 Å². The van der Waals surface area contributed by atoms with E-state index in [2.05, 4.69) is 35.0 Å². The largest absolute Gasteiger partial charge is 0.0890 e. The second-order valence-electron chi connectivity index (χ2n) is 3.08. The normalized spacial score (nSPS) is 13.0. The first-order valence-electron chi connectivity index (χ1n) is 3.98. The zero-order chi connectivity index (χ0) is 9.14. The molecule has 0 heterocycles. The van der Waals surface area contributed by atoms with Crippen LogP contribution in [0.25, 0.3) is 0 Å². The maximum atomic E-state index is 6.05. The van der Waals surface area contributed by atoms with E-state index >= 15 is 0 Å². The van der Waals surface area contributed by atoms with Gasteiger partial charge >= 0.3 is 0 Å². The van der Waals surface area contributed by atoms with Crippen LogP contribution in [0, 0.1) is 6.92 Å². The van der Waals surface area contributed by atoms with Crippen molar-refractivity contribution in [3.63, 3.8) is 0 Å². The van der Waals surface area contributed by atoms with Gasteiger partial charge in [0.05, 0.1) is 0 Å². The van der Waals surface area contributed by atoms with Crippen LogP contribution in [0.1, 0.15) is 18.1 Å². The molecule has 0 radical (unpaired) electrons. The Hall–Kier alpha value is -0.0100. The number of hydrogen-bond acceptors (Lipinski definition) is 0. The summed E-state index contributed by atoms with van der Waals surface area (Å²) >= 11 is 9.56. The zero-order valence-corrected chi connectivity index (χ0v) is 9.61. The van der Waals surface area contributed by atoms with E-state index in [4.69, 9.17) is 11.6 Å². The number of rotatable bonds is 2. The molecular weight excluding hydrogens is 235 g/mol. The van der Waals surface area contributed by atoms with Crippen molar-refractivity contribution in [1.82, 2.24) is 0 Å². The van der Waals surface area contributed by atoms with Crippen LogP contribution in [0.2, 0.25) is 5.02 Å². The lowest BCUT2D eigenvalue weighted by Crippen LogP contribution is -1.97. The van der Waals surface area contributed by atoms with Crippen molar-refractivity contribution in [3.05, 3.63) is 34.3 Å². The lowest BCUT2D eigenvalue weighted by molar-refractivity contribution is 0.959. The van der Waals surface area contributed by atoms with Crippen molar-refractivity contribution in [2.45, 2.75) is 25.1 Å². The minimum atomic E-state index is 0.484. The Morgan fingerprint density at radius 1 is 1.50 bits per heavy atom. The fourth-order valence-corrected chi connectivity index (χ4v) is 1.78. The first-order valence-corrected chi connectivity index (χ1v) is 5.28. The molecule has 0 N–H and O–H groups in total. The molecule has 0 spiro atoms. The number of halogens is 2. The second-order valence-corrected chi connectivity index (χ2v) is 5.05. The Labute approximate surface area is 87.1 Å². The van der Waals surface area contributed by atoms with Crippen LogP contribution >= 0.6 is 27.5 Å². The Morgan fingerprint density at radius 3 is 2.67 bits per heavy atom. The van der Waals surface area contributed by atoms with Crippen LogP contribution in [0.3, 0.4) is 0 Å². The quantitative estimate of drug-likeness (QED) is 0.694. The zero-order valence-electron chi connectivity index (χ0n) is 7.27. The number of benzene rings is 1. The van der Waals surface area contributed by atoms with Crippen LogP contribution in [0.5, 0.6) is 0 Å². The van der Waals surface area contributed by atoms with Crippen molar-refractivity contribution in [1.29, 1.82) is 0 Å². The Kier molecular flexibility index (Phi) is 3.60. The first kappa shape index (κ1) is 10.1. The SMILES string of the molecule is Cc1ccc(CC(C)Br)c(Cl)c1. The van der Waals surface area contributed by atoms with E-state index in [9.17, 15) is 0 Å². The molecule has 2 heteroatoms. The Morgan fingerprint density at radius 2 is 2.17 bits per heavy atom. The molecule has 0 aliphatic carbocycles. The maximum absolute atomic E-state index is 6.05. The number of alkyl halides is 1. The topological polar surface area (TPSA) is 0 Å². The summed E-state index contributed by atoms with van der Waals surface area (Å²) in [5.41, 5.74) is 2.43. The van der Waals surface area contributed by atoms with Gasteiger partial charge in [-0.3, -0.25) is 0 Å². The van der Waals surface area contributed by atoms with Gasteiger partial charge in [-0.2, -0.15) is 0 Å². The van der Waals surface area contributed by atoms with E-state index in [1.165, 1.54) is 11.1 Å². The highest BCUT2D eigenvalue weighted by atomic mass is 79.9. The molecule has 0 aliphatic rings. The van der Waals surface area contributed by atoms with E-state index in [0.29, 0.717) is 4.83 Å². The number of aryl methyl sites for hydroxylation is 1. The monoisotopic (exact) mass is 246 g/mol. The van der Waals surface area contributed by atoms with Gasteiger partial charge in [0.1, 0.15) is 0 Å². The Balaban J connectivity index is 2.86. The van der Waals surface area contributed by atoms with Gasteiger partial charge in [0, 0.05) is 9.85 Å². The summed E-state index contributed by atoms with van der Waals surface area (Å²) in [4.78, 5) is 0.484. The molecule has 0 fully saturated rings. The molecule has 12 heavy (non-hydrogen) atoms. The third-order valence-electron chi connectivity index (χ3n) is 1.71. The summed E-state index contributed by atoms with van der Waals surface area (Å²) in [5, 5.41) is 0.876. The minimum Gasteiger partial charge on any atom is -0.0890 e. The highest BCUT2D eigenvalue weighted by molar-refractivity contribution is 9.09. The first-order chi connectivity index (χ1) is 5.59. The summed E-state index contributed by atoms with van der Waals surface area (Å²) < 4.78 is 0. The Bertz CT molecular complexity index is 269. The van der Waals surface area contributed by atoms with E-state index < -0.39 is 0 Å². The van der Waals surface area contributed by atoms with E-state index in [1.54, 1.807) is 0 Å². The molecule has 0 nitrogen and oxygen atoms in total. The summed E-state index contributed by atoms with van der Waals surface area (Å²) in [6, 6.07) is 6.19. The van der Waals surface area contributed by atoms with Gasteiger partial charge in [-0.25, -0.2) is 0 Å². The van der Waals surface area contributed by atoms with Crippen molar-refractivity contribution < 1.29 is 0 Å². The molecule has 0 saturated carbocycles. The molecule has 0 bridgehead atoms. The second kappa shape index (κ2) is 4.29. The van der Waals surface area contributed by atoms with Crippen molar-refractivity contribution in [2.75, 3.05) is 0 Å². The van der Waals surface area contributed by atoms with E-state index in [1.807, 2.05) is 13.0 Å². The fourth-order valence-electron chi connectivity index (χ4n) is 1.12. The third-order valence-corrected chi connectivity index (χ3v) is 2.39. The molecule has 66 valence electrons. The average Bonchev–Trinajstić information content (AvgIpc) is 1.94. The van der Waals surface area contributed by atoms with Gasteiger partial charge in [0.2, 0.25) is 0 Å². The molecule has 1 aromatic carbocycles. The lowest BCUT2D eigenvalue weighted by Gasteiger charge is -2.06. The summed E-state index contributed by atoms with van der Waals surface area (Å²) in [5.74, 6) is 0. The van der Waals surface area contributed by atoms with Crippen LogP contribution in [-0.4, -0.2) is 4.83 Å². The molecule has 0 amide bonds. The van der Waals surface area contributed by atoms with Crippen LogP contribution in [0.4, 0.5) is 0 Å². The molecule has 1 rings (SSSR count). The van der Waals surface area contributed by atoms with Crippen LogP contribution in [0.15, 0.2) is 18.2 Å². The van der Waals surface area contributed by atoms with E-state index in [-0.39, 0.29) is 0 Å². The molecule has 0 saturated heterocycles. The van der Waals surface area contributed by atoms with Crippen molar-refractivity contribution in [2.24, 2.45) is 0 Å². The van der Waals surface area contributed by atoms with Crippen molar-refractivity contribution in [3.8, 4) is 0 Å². The minimum absolute atomic E-state index is 0.484. The van der Waals surface area contributed by atoms with E-state index in [0.717, 1.165) is 11.4 Å². The fraction of sp³-hybridized carbons (Fsp3) is 0.400. The standard InChI is InChI=1S/C10H12BrCl/c1-7-3-4-9(6-8(2)11)10(12)5-7/h3-5,8H,6H2,1-2H3. The average molecular weight is 248 g/mol. The molecule has 1 aromatic rings.